The van der Waals surface area contributed by atoms with Crippen LogP contribution in [-0.4, -0.2) is 28.0 Å². The van der Waals surface area contributed by atoms with Crippen molar-refractivity contribution in [2.45, 2.75) is 6.29 Å². The largest absolute Gasteiger partial charge is 0.366 e. The lowest BCUT2D eigenvalue weighted by Crippen LogP contribution is -2.11. The summed E-state index contributed by atoms with van der Waals surface area (Å²) in [7, 11) is -3.78. The predicted molar refractivity (Wildman–Crippen MR) is 34.2 cm³/mol. The van der Waals surface area contributed by atoms with Crippen LogP contribution in [0.1, 0.15) is 0 Å². The highest BCUT2D eigenvalue weighted by molar-refractivity contribution is 7.56. The van der Waals surface area contributed by atoms with Gasteiger partial charge in [0.2, 0.25) is 0 Å². The normalized spacial score (nSPS) is 16.8. The van der Waals surface area contributed by atoms with Gasteiger partial charge in [0.05, 0.1) is 0 Å². The Labute approximate surface area is 58.1 Å². The molecule has 10 heavy (non-hydrogen) atoms. The molecule has 1 unspecified atom stereocenters. The van der Waals surface area contributed by atoms with Crippen molar-refractivity contribution in [1.82, 2.24) is 0 Å². The summed E-state index contributed by atoms with van der Waals surface area (Å²) in [4.78, 5) is 8.57. The third kappa shape index (κ3) is 4.67. The highest BCUT2D eigenvalue weighted by Crippen LogP contribution is 2.42. The molecule has 6 heteroatoms. The predicted octanol–water partition coefficient (Wildman–Crippen LogP) is -0.357. The molecular weight excluding hydrogens is 159 g/mol. The third-order valence-corrected chi connectivity index (χ3v) is 1.62. The van der Waals surface area contributed by atoms with Crippen LogP contribution in [0.4, 0.5) is 0 Å². The molecule has 0 fully saturated rings. The molecule has 60 valence electrons. The fraction of sp³-hybridized carbons (Fsp3) is 0.500. The summed E-state index contributed by atoms with van der Waals surface area (Å²) in [5, 5.41) is 16.4. The van der Waals surface area contributed by atoms with Gasteiger partial charge in [0.25, 0.3) is 0 Å². The minimum absolute atomic E-state index is 0.597. The first-order chi connectivity index (χ1) is 4.48. The molecule has 5 nitrogen and oxygen atoms in total. The first kappa shape index (κ1) is 9.81. The van der Waals surface area contributed by atoms with Crippen LogP contribution in [-0.2, 0) is 9.09 Å². The van der Waals surface area contributed by atoms with Crippen LogP contribution < -0.4 is 0 Å². The maximum Gasteiger partial charge on any atom is 0.351 e. The first-order valence-corrected chi connectivity index (χ1v) is 4.09. The molecule has 0 radical (unpaired) electrons. The van der Waals surface area contributed by atoms with Crippen LogP contribution in [0.3, 0.4) is 0 Å². The van der Waals surface area contributed by atoms with Crippen molar-refractivity contribution in [3.05, 3.63) is 12.4 Å². The molecule has 1 atom stereocenters. The average Bonchev–Trinajstić information content (AvgIpc) is 1.85. The van der Waals surface area contributed by atoms with Gasteiger partial charge in [-0.15, -0.1) is 0 Å². The Kier molecular flexibility index (Phi) is 3.78. The monoisotopic (exact) mass is 168 g/mol. The van der Waals surface area contributed by atoms with E-state index in [1.165, 1.54) is 0 Å². The van der Waals surface area contributed by atoms with Crippen molar-refractivity contribution in [3.8, 4) is 0 Å². The highest BCUT2D eigenvalue weighted by atomic mass is 31.2. The van der Waals surface area contributed by atoms with E-state index in [1.807, 2.05) is 0 Å². The van der Waals surface area contributed by atoms with Crippen molar-refractivity contribution in [1.29, 1.82) is 0 Å². The molecule has 0 aromatic heterocycles. The molecule has 0 spiro atoms. The van der Waals surface area contributed by atoms with Crippen molar-refractivity contribution < 1.29 is 24.2 Å². The van der Waals surface area contributed by atoms with E-state index in [1.54, 1.807) is 0 Å². The average molecular weight is 168 g/mol. The Bertz CT molecular complexity index is 154. The zero-order valence-corrected chi connectivity index (χ0v) is 6.07. The third-order valence-electron chi connectivity index (χ3n) is 0.639. The number of hydrogen-bond acceptors (Lipinski definition) is 4. The number of hydrogen-bond donors (Lipinski definition) is 3. The molecule has 0 aliphatic heterocycles. The van der Waals surface area contributed by atoms with E-state index in [0.717, 1.165) is 5.82 Å². The number of aliphatic hydroxyl groups is 2. The molecule has 0 aromatic rings. The minimum Gasteiger partial charge on any atom is -0.366 e. The second kappa shape index (κ2) is 3.85. The molecule has 0 saturated carbocycles. The SMILES string of the molecule is C=CP(=O)(O)OCC(O)O. The Hall–Kier alpha value is -0.190. The lowest BCUT2D eigenvalue weighted by Gasteiger charge is -2.07. The smallest absolute Gasteiger partial charge is 0.351 e. The zero-order chi connectivity index (χ0) is 8.20. The van der Waals surface area contributed by atoms with Gasteiger partial charge >= 0.3 is 7.60 Å². The fourth-order valence-electron chi connectivity index (χ4n) is 0.226. The maximum absolute atomic E-state index is 10.5. The molecule has 0 amide bonds. The van der Waals surface area contributed by atoms with Gasteiger partial charge < -0.3 is 19.6 Å². The summed E-state index contributed by atoms with van der Waals surface area (Å²) in [5.74, 6) is 0.718. The molecule has 0 rings (SSSR count). The lowest BCUT2D eigenvalue weighted by molar-refractivity contribution is -0.0694. The van der Waals surface area contributed by atoms with Crippen molar-refractivity contribution in [2.24, 2.45) is 0 Å². The van der Waals surface area contributed by atoms with Gasteiger partial charge in [-0.05, 0) is 0 Å². The van der Waals surface area contributed by atoms with Crippen LogP contribution in [0.15, 0.2) is 12.4 Å². The zero-order valence-electron chi connectivity index (χ0n) is 5.17. The molecular formula is C4H9O5P. The van der Waals surface area contributed by atoms with Gasteiger partial charge in [-0.1, -0.05) is 6.58 Å². The second-order valence-electron chi connectivity index (χ2n) is 1.52. The number of rotatable bonds is 4. The van der Waals surface area contributed by atoms with Crippen LogP contribution >= 0.6 is 7.60 Å². The van der Waals surface area contributed by atoms with Gasteiger partial charge in [-0.2, -0.15) is 0 Å². The molecule has 0 bridgehead atoms. The Morgan fingerprint density at radius 3 is 2.50 bits per heavy atom. The standard InChI is InChI=1S/C4H9O5P/c1-2-10(7,8)9-3-4(5)6/h2,4-6H,1,3H2,(H,7,8). The summed E-state index contributed by atoms with van der Waals surface area (Å²) in [6.45, 7) is 2.41. The van der Waals surface area contributed by atoms with Gasteiger partial charge in [0.15, 0.2) is 6.29 Å². The van der Waals surface area contributed by atoms with E-state index in [9.17, 15) is 4.57 Å². The van der Waals surface area contributed by atoms with Crippen LogP contribution in [0.5, 0.6) is 0 Å². The molecule has 0 saturated heterocycles. The fourth-order valence-corrected chi connectivity index (χ4v) is 0.679. The van der Waals surface area contributed by atoms with Crippen LogP contribution in [0, 0.1) is 0 Å². The van der Waals surface area contributed by atoms with Gasteiger partial charge in [0, 0.05) is 5.82 Å². The number of aliphatic hydroxyl groups excluding tert-OH is 1. The first-order valence-electron chi connectivity index (χ1n) is 2.44. The van der Waals surface area contributed by atoms with E-state index < -0.39 is 20.5 Å². The Morgan fingerprint density at radius 2 is 2.20 bits per heavy atom. The summed E-state index contributed by atoms with van der Waals surface area (Å²) in [6.07, 6.45) is -1.74. The van der Waals surface area contributed by atoms with E-state index >= 15 is 0 Å². The summed E-state index contributed by atoms with van der Waals surface area (Å²) in [5.41, 5.74) is 0. The van der Waals surface area contributed by atoms with Crippen LogP contribution in [0.25, 0.3) is 0 Å². The molecule has 3 N–H and O–H groups in total. The van der Waals surface area contributed by atoms with Gasteiger partial charge in [0.1, 0.15) is 6.61 Å². The Morgan fingerprint density at radius 1 is 1.70 bits per heavy atom. The van der Waals surface area contributed by atoms with E-state index in [-0.39, 0.29) is 0 Å². The lowest BCUT2D eigenvalue weighted by atomic mass is 10.7. The maximum atomic E-state index is 10.5. The Balaban J connectivity index is 3.68. The molecule has 0 aromatic carbocycles. The quantitative estimate of drug-likeness (QED) is 0.394. The van der Waals surface area contributed by atoms with E-state index in [2.05, 4.69) is 11.1 Å². The molecule has 0 aliphatic rings. The van der Waals surface area contributed by atoms with Gasteiger partial charge in [-0.25, -0.2) is 0 Å². The topological polar surface area (TPSA) is 87.0 Å². The second-order valence-corrected chi connectivity index (χ2v) is 3.27. The minimum atomic E-state index is -3.78. The molecule has 0 aliphatic carbocycles. The van der Waals surface area contributed by atoms with E-state index in [0.29, 0.717) is 0 Å². The highest BCUT2D eigenvalue weighted by Gasteiger charge is 2.14. The summed E-state index contributed by atoms with van der Waals surface area (Å²) >= 11 is 0. The van der Waals surface area contributed by atoms with E-state index in [4.69, 9.17) is 15.1 Å². The van der Waals surface area contributed by atoms with Crippen molar-refractivity contribution in [3.63, 3.8) is 0 Å². The van der Waals surface area contributed by atoms with Gasteiger partial charge in [-0.3, -0.25) is 4.57 Å². The van der Waals surface area contributed by atoms with Crippen molar-refractivity contribution in [2.75, 3.05) is 6.61 Å². The summed E-state index contributed by atoms with van der Waals surface area (Å²) in [6, 6.07) is 0. The van der Waals surface area contributed by atoms with Crippen LogP contribution in [0.2, 0.25) is 0 Å². The summed E-state index contributed by atoms with van der Waals surface area (Å²) < 4.78 is 14.6. The van der Waals surface area contributed by atoms with Crippen molar-refractivity contribution >= 4 is 7.60 Å². The molecule has 0 heterocycles.